The van der Waals surface area contributed by atoms with Gasteiger partial charge >= 0.3 is 6.09 Å². The minimum absolute atomic E-state index is 0.0300. The molecule has 2 aromatic rings. The fourth-order valence-corrected chi connectivity index (χ4v) is 6.79. The summed E-state index contributed by atoms with van der Waals surface area (Å²) < 4.78 is 5.33. The van der Waals surface area contributed by atoms with Crippen molar-refractivity contribution in [3.63, 3.8) is 0 Å². The van der Waals surface area contributed by atoms with E-state index in [2.05, 4.69) is 5.32 Å². The van der Waals surface area contributed by atoms with E-state index in [0.29, 0.717) is 5.75 Å². The van der Waals surface area contributed by atoms with Crippen LogP contribution in [-0.4, -0.2) is 81.4 Å². The van der Waals surface area contributed by atoms with E-state index < -0.39 is 76.5 Å². The van der Waals surface area contributed by atoms with Crippen molar-refractivity contribution in [2.45, 2.75) is 37.5 Å². The van der Waals surface area contributed by atoms with E-state index >= 15 is 0 Å². The number of ether oxygens (including phenoxy) is 1. The summed E-state index contributed by atoms with van der Waals surface area (Å²) in [5, 5.41) is 35.8. The molecule has 12 heteroatoms. The maximum atomic E-state index is 13.9. The third-order valence-corrected chi connectivity index (χ3v) is 8.64. The molecule has 0 radical (unpaired) electrons. The first-order valence-electron chi connectivity index (χ1n) is 13.2. The highest BCUT2D eigenvalue weighted by Gasteiger charge is 2.69. The molecule has 3 unspecified atom stereocenters. The minimum atomic E-state index is -2.74. The Morgan fingerprint density at radius 2 is 1.73 bits per heavy atom. The van der Waals surface area contributed by atoms with Crippen LogP contribution in [0.25, 0.3) is 0 Å². The van der Waals surface area contributed by atoms with Crippen molar-refractivity contribution in [2.24, 2.45) is 29.4 Å². The first-order chi connectivity index (χ1) is 19.3. The number of ketones is 3. The predicted molar refractivity (Wildman–Crippen MR) is 143 cm³/mol. The Hall–Kier alpha value is -4.13. The fourth-order valence-electron chi connectivity index (χ4n) is 6.79. The van der Waals surface area contributed by atoms with Gasteiger partial charge in [0.1, 0.15) is 17.4 Å². The second-order valence-corrected chi connectivity index (χ2v) is 11.3. The van der Waals surface area contributed by atoms with Gasteiger partial charge in [0.2, 0.25) is 5.91 Å². The largest absolute Gasteiger partial charge is 0.507 e. The number of Topliss-reactive ketones (excluding diaryl/α,β-unsaturated/α-hetero) is 3. The minimum Gasteiger partial charge on any atom is -0.507 e. The van der Waals surface area contributed by atoms with Crippen LogP contribution in [0.1, 0.15) is 27.9 Å². The van der Waals surface area contributed by atoms with Gasteiger partial charge in [-0.2, -0.15) is 0 Å². The molecule has 2 fully saturated rings. The molecule has 0 spiro atoms. The molecule has 7 atom stereocenters. The van der Waals surface area contributed by atoms with Gasteiger partial charge in [-0.3, -0.25) is 24.5 Å². The standard InChI is InChI=1S/C29H31N3O9/c1-12-4-6-14(7-5-12)41-28(39)31-17-8-9-18(33)20-15(17)10-13-11-16-22(32(2)3)24(35)21(27(30)38)26(37)29(16,40)25(36)19(13)23(20)34/h4-9,13,16,19,21-22,24,33,35,40H,10-11H2,1-3H3,(H2,30,38)(H,31,39)/t13-,16-,19?,21?,22-,24?,29-/m0/s1. The monoisotopic (exact) mass is 565 g/mol. The van der Waals surface area contributed by atoms with E-state index in [0.717, 1.165) is 5.56 Å². The zero-order valence-corrected chi connectivity index (χ0v) is 22.7. The number of likely N-dealkylation sites (N-methyl/N-ethyl adjacent to an activating group) is 1. The number of nitrogens with zero attached hydrogens (tertiary/aromatic N) is 1. The number of phenols is 1. The summed E-state index contributed by atoms with van der Waals surface area (Å²) in [7, 11) is 3.14. The van der Waals surface area contributed by atoms with E-state index in [9.17, 15) is 39.3 Å². The molecule has 41 heavy (non-hydrogen) atoms. The topological polar surface area (TPSA) is 197 Å². The Balaban J connectivity index is 1.52. The summed E-state index contributed by atoms with van der Waals surface area (Å²) >= 11 is 0. The first-order valence-corrected chi connectivity index (χ1v) is 13.2. The molecule has 2 amide bonds. The lowest BCUT2D eigenvalue weighted by molar-refractivity contribution is -0.190. The number of carbonyl (C=O) groups excluding carboxylic acids is 5. The van der Waals surface area contributed by atoms with E-state index in [1.54, 1.807) is 38.4 Å². The second-order valence-electron chi connectivity index (χ2n) is 11.3. The molecular formula is C29H31N3O9. The summed E-state index contributed by atoms with van der Waals surface area (Å²) in [5.41, 5.74) is 3.86. The summed E-state index contributed by atoms with van der Waals surface area (Å²) in [5.74, 6) is -9.73. The van der Waals surface area contributed by atoms with Crippen LogP contribution in [0.15, 0.2) is 36.4 Å². The van der Waals surface area contributed by atoms with Gasteiger partial charge in [0.05, 0.1) is 17.6 Å². The van der Waals surface area contributed by atoms with Gasteiger partial charge < -0.3 is 30.7 Å². The average molecular weight is 566 g/mol. The van der Waals surface area contributed by atoms with Crippen LogP contribution in [0, 0.1) is 30.6 Å². The van der Waals surface area contributed by atoms with Crippen molar-refractivity contribution in [3.05, 3.63) is 53.1 Å². The molecule has 6 N–H and O–H groups in total. The van der Waals surface area contributed by atoms with Gasteiger partial charge in [-0.15, -0.1) is 0 Å². The molecule has 5 rings (SSSR count). The number of fused-ring (bicyclic) bond motifs is 3. The molecule has 216 valence electrons. The van der Waals surface area contributed by atoms with Crippen LogP contribution in [0.5, 0.6) is 11.5 Å². The lowest BCUT2D eigenvalue weighted by Crippen LogP contribution is -2.75. The van der Waals surface area contributed by atoms with E-state index in [1.165, 1.54) is 17.0 Å². The van der Waals surface area contributed by atoms with Crippen molar-refractivity contribution in [1.82, 2.24) is 4.90 Å². The van der Waals surface area contributed by atoms with Crippen LogP contribution >= 0.6 is 0 Å². The number of aryl methyl sites for hydroxylation is 1. The molecule has 3 aliphatic carbocycles. The van der Waals surface area contributed by atoms with Crippen molar-refractivity contribution in [3.8, 4) is 11.5 Å². The lowest BCUT2D eigenvalue weighted by atomic mass is 9.52. The van der Waals surface area contributed by atoms with Crippen LogP contribution in [-0.2, 0) is 20.8 Å². The average Bonchev–Trinajstić information content (AvgIpc) is 2.89. The lowest BCUT2D eigenvalue weighted by Gasteiger charge is -2.54. The summed E-state index contributed by atoms with van der Waals surface area (Å²) in [4.78, 5) is 67.3. The van der Waals surface area contributed by atoms with Gasteiger partial charge in [-0.25, -0.2) is 4.79 Å². The van der Waals surface area contributed by atoms with Crippen molar-refractivity contribution in [1.29, 1.82) is 0 Å². The van der Waals surface area contributed by atoms with E-state index in [4.69, 9.17) is 10.5 Å². The number of nitrogens with two attached hydrogens (primary N) is 1. The molecule has 0 saturated heterocycles. The van der Waals surface area contributed by atoms with E-state index in [1.807, 2.05) is 6.92 Å². The molecule has 0 aromatic heterocycles. The Labute approximate surface area is 235 Å². The normalized spacial score (nSPS) is 30.7. The Morgan fingerprint density at radius 1 is 1.07 bits per heavy atom. The van der Waals surface area contributed by atoms with Crippen molar-refractivity contribution < 1.29 is 44.0 Å². The Kier molecular flexibility index (Phi) is 6.96. The first kappa shape index (κ1) is 28.4. The van der Waals surface area contributed by atoms with Crippen LogP contribution in [0.2, 0.25) is 0 Å². The number of phenolic OH excluding ortho intramolecular Hbond substituents is 1. The number of carbonyl (C=O) groups is 5. The molecule has 0 heterocycles. The summed E-state index contributed by atoms with van der Waals surface area (Å²) in [6, 6.07) is 8.36. The third-order valence-electron chi connectivity index (χ3n) is 8.64. The number of anilines is 1. The second kappa shape index (κ2) is 10.1. The molecule has 2 saturated carbocycles. The van der Waals surface area contributed by atoms with Gasteiger partial charge in [0.25, 0.3) is 0 Å². The summed E-state index contributed by atoms with van der Waals surface area (Å²) in [6.07, 6.45) is -2.44. The SMILES string of the molecule is Cc1ccc(OC(=O)Nc2ccc(O)c3c2C[C@H]2C[C@H]4[C@H](N(C)C)C(O)C(C(N)=O)C(=O)[C@@]4(O)C(=O)C2C3=O)cc1. The van der Waals surface area contributed by atoms with Crippen LogP contribution in [0.4, 0.5) is 10.5 Å². The molecule has 0 bridgehead atoms. The number of amides is 2. The molecule has 0 aliphatic heterocycles. The fraction of sp³-hybridized carbons (Fsp3) is 0.414. The molecule has 2 aromatic carbocycles. The predicted octanol–water partition coefficient (Wildman–Crippen LogP) is 0.578. The molecular weight excluding hydrogens is 534 g/mol. The highest BCUT2D eigenvalue weighted by molar-refractivity contribution is 6.25. The van der Waals surface area contributed by atoms with Gasteiger partial charge in [0, 0.05) is 17.6 Å². The number of aliphatic hydroxyl groups is 2. The zero-order valence-electron chi connectivity index (χ0n) is 22.7. The number of aromatic hydroxyl groups is 1. The maximum absolute atomic E-state index is 13.9. The zero-order chi connectivity index (χ0) is 30.0. The quantitative estimate of drug-likeness (QED) is 0.258. The number of hydrogen-bond acceptors (Lipinski definition) is 10. The number of primary amides is 1. The van der Waals surface area contributed by atoms with Crippen LogP contribution in [0.3, 0.4) is 0 Å². The highest BCUT2D eigenvalue weighted by atomic mass is 16.6. The summed E-state index contributed by atoms with van der Waals surface area (Å²) in [6.45, 7) is 1.88. The number of aliphatic hydroxyl groups excluding tert-OH is 1. The molecule has 3 aliphatic rings. The van der Waals surface area contributed by atoms with Gasteiger partial charge in [-0.1, -0.05) is 17.7 Å². The third kappa shape index (κ3) is 4.39. The van der Waals surface area contributed by atoms with Crippen molar-refractivity contribution in [2.75, 3.05) is 19.4 Å². The smallest absolute Gasteiger partial charge is 0.417 e. The van der Waals surface area contributed by atoms with Gasteiger partial charge in [-0.05, 0) is 69.6 Å². The molecule has 12 nitrogen and oxygen atoms in total. The highest BCUT2D eigenvalue weighted by Crippen LogP contribution is 2.52. The Bertz CT molecular complexity index is 1470. The van der Waals surface area contributed by atoms with Crippen molar-refractivity contribution >= 4 is 35.0 Å². The number of hydrogen-bond donors (Lipinski definition) is 5. The van der Waals surface area contributed by atoms with E-state index in [-0.39, 0.29) is 29.7 Å². The number of nitrogens with one attached hydrogen (secondary N) is 1. The number of rotatable bonds is 4. The van der Waals surface area contributed by atoms with Gasteiger partial charge in [0.15, 0.2) is 23.0 Å². The van der Waals surface area contributed by atoms with Crippen LogP contribution < -0.4 is 15.8 Å². The Morgan fingerprint density at radius 3 is 2.34 bits per heavy atom. The maximum Gasteiger partial charge on any atom is 0.417 e. The number of benzene rings is 2.